The fraction of sp³-hybridized carbons (Fsp3) is 0.714. The second-order valence-corrected chi connectivity index (χ2v) is 3.94. The minimum atomic E-state index is 0.0199. The molecule has 66 valence electrons. The van der Waals surface area contributed by atoms with Crippen LogP contribution in [0.25, 0.3) is 0 Å². The van der Waals surface area contributed by atoms with Gasteiger partial charge in [0.2, 0.25) is 0 Å². The SMILES string of the molecule is CCC(C)/C(Br)=C(/CO)SN. The van der Waals surface area contributed by atoms with E-state index in [4.69, 9.17) is 10.2 Å². The van der Waals surface area contributed by atoms with Crippen LogP contribution < -0.4 is 5.14 Å². The first-order valence-electron chi connectivity index (χ1n) is 3.53. The van der Waals surface area contributed by atoms with Crippen molar-refractivity contribution >= 4 is 27.9 Å². The van der Waals surface area contributed by atoms with Gasteiger partial charge in [0.25, 0.3) is 0 Å². The summed E-state index contributed by atoms with van der Waals surface area (Å²) in [4.78, 5) is 0.819. The summed E-state index contributed by atoms with van der Waals surface area (Å²) in [6, 6.07) is 0. The average Bonchev–Trinajstić information content (AvgIpc) is 2.05. The molecule has 0 aliphatic rings. The second kappa shape index (κ2) is 6.06. The number of allylic oxidation sites excluding steroid dienone is 1. The van der Waals surface area contributed by atoms with Gasteiger partial charge in [0.05, 0.1) is 6.61 Å². The smallest absolute Gasteiger partial charge is 0.0761 e. The Bertz CT molecular complexity index is 143. The van der Waals surface area contributed by atoms with Crippen molar-refractivity contribution in [3.05, 3.63) is 9.39 Å². The third-order valence-electron chi connectivity index (χ3n) is 1.60. The highest BCUT2D eigenvalue weighted by Gasteiger charge is 2.08. The molecular weight excluding hydrogens is 226 g/mol. The lowest BCUT2D eigenvalue weighted by atomic mass is 10.1. The van der Waals surface area contributed by atoms with Crippen LogP contribution >= 0.6 is 27.9 Å². The molecule has 0 rings (SSSR count). The molecule has 0 heterocycles. The third-order valence-corrected chi connectivity index (χ3v) is 3.75. The van der Waals surface area contributed by atoms with Crippen molar-refractivity contribution < 1.29 is 5.11 Å². The number of hydrogen-bond donors (Lipinski definition) is 2. The van der Waals surface area contributed by atoms with Crippen molar-refractivity contribution in [2.45, 2.75) is 20.3 Å². The molecule has 0 spiro atoms. The zero-order chi connectivity index (χ0) is 8.85. The van der Waals surface area contributed by atoms with E-state index in [2.05, 4.69) is 29.8 Å². The van der Waals surface area contributed by atoms with Crippen LogP contribution in [0.2, 0.25) is 0 Å². The van der Waals surface area contributed by atoms with Crippen LogP contribution in [0.15, 0.2) is 9.39 Å². The summed E-state index contributed by atoms with van der Waals surface area (Å²) in [7, 11) is 0. The van der Waals surface area contributed by atoms with E-state index in [1.807, 2.05) is 0 Å². The van der Waals surface area contributed by atoms with Crippen molar-refractivity contribution in [2.24, 2.45) is 11.1 Å². The Morgan fingerprint density at radius 2 is 2.27 bits per heavy atom. The van der Waals surface area contributed by atoms with Gasteiger partial charge in [0.15, 0.2) is 0 Å². The van der Waals surface area contributed by atoms with Crippen LogP contribution in [0.4, 0.5) is 0 Å². The molecule has 0 saturated heterocycles. The first kappa shape index (κ1) is 11.5. The van der Waals surface area contributed by atoms with Gasteiger partial charge in [0, 0.05) is 9.39 Å². The molecule has 0 bridgehead atoms. The molecule has 0 aromatic heterocycles. The fourth-order valence-electron chi connectivity index (χ4n) is 0.623. The maximum absolute atomic E-state index is 8.85. The molecule has 0 amide bonds. The maximum atomic E-state index is 8.85. The van der Waals surface area contributed by atoms with E-state index in [0.29, 0.717) is 5.92 Å². The van der Waals surface area contributed by atoms with Gasteiger partial charge in [-0.2, -0.15) is 0 Å². The van der Waals surface area contributed by atoms with Gasteiger partial charge in [-0.3, -0.25) is 5.14 Å². The Kier molecular flexibility index (Phi) is 6.33. The molecular formula is C7H14BrNOS. The number of nitrogens with two attached hydrogens (primary N) is 1. The minimum Gasteiger partial charge on any atom is -0.391 e. The molecule has 0 aliphatic carbocycles. The van der Waals surface area contributed by atoms with E-state index < -0.39 is 0 Å². The standard InChI is InChI=1S/C7H14BrNOS/c1-3-5(2)7(8)6(4-10)11-9/h5,10H,3-4,9H2,1-2H3/b7-6+. The molecule has 11 heavy (non-hydrogen) atoms. The van der Waals surface area contributed by atoms with Crippen LogP contribution in [0, 0.1) is 5.92 Å². The highest BCUT2D eigenvalue weighted by molar-refractivity contribution is 9.11. The molecule has 0 radical (unpaired) electrons. The van der Waals surface area contributed by atoms with Gasteiger partial charge in [-0.05, 0) is 24.3 Å². The lowest BCUT2D eigenvalue weighted by Crippen LogP contribution is -1.99. The molecule has 4 heteroatoms. The summed E-state index contributed by atoms with van der Waals surface area (Å²) in [6.07, 6.45) is 1.05. The number of aliphatic hydroxyl groups is 1. The van der Waals surface area contributed by atoms with E-state index in [-0.39, 0.29) is 6.61 Å². The van der Waals surface area contributed by atoms with E-state index in [9.17, 15) is 0 Å². The first-order chi connectivity index (χ1) is 5.17. The summed E-state index contributed by atoms with van der Waals surface area (Å²) in [5, 5.41) is 14.2. The maximum Gasteiger partial charge on any atom is 0.0761 e. The second-order valence-electron chi connectivity index (χ2n) is 2.36. The van der Waals surface area contributed by atoms with Crippen molar-refractivity contribution in [1.82, 2.24) is 0 Å². The molecule has 2 nitrogen and oxygen atoms in total. The predicted octanol–water partition coefficient (Wildman–Crippen LogP) is 2.24. The van der Waals surface area contributed by atoms with Crippen LogP contribution in [-0.2, 0) is 0 Å². The zero-order valence-corrected chi connectivity index (χ0v) is 9.20. The highest BCUT2D eigenvalue weighted by atomic mass is 79.9. The summed E-state index contributed by atoms with van der Waals surface area (Å²) < 4.78 is 1.02. The molecule has 0 fully saturated rings. The first-order valence-corrected chi connectivity index (χ1v) is 5.20. The molecule has 3 N–H and O–H groups in total. The molecule has 1 unspecified atom stereocenters. The number of aliphatic hydroxyl groups excluding tert-OH is 1. The van der Waals surface area contributed by atoms with Crippen LogP contribution in [0.5, 0.6) is 0 Å². The Morgan fingerprint density at radius 1 is 1.73 bits per heavy atom. The van der Waals surface area contributed by atoms with Crippen molar-refractivity contribution in [3.8, 4) is 0 Å². The summed E-state index contributed by atoms with van der Waals surface area (Å²) >= 11 is 4.51. The van der Waals surface area contributed by atoms with Crippen LogP contribution in [0.3, 0.4) is 0 Å². The van der Waals surface area contributed by atoms with Crippen LogP contribution in [0.1, 0.15) is 20.3 Å². The Balaban J connectivity index is 4.33. The number of halogens is 1. The summed E-state index contributed by atoms with van der Waals surface area (Å²) in [6.45, 7) is 4.21. The van der Waals surface area contributed by atoms with E-state index in [1.165, 1.54) is 0 Å². The molecule has 0 aliphatic heterocycles. The monoisotopic (exact) mass is 239 g/mol. The topological polar surface area (TPSA) is 46.2 Å². The normalized spacial score (nSPS) is 16.1. The van der Waals surface area contributed by atoms with Gasteiger partial charge < -0.3 is 5.11 Å². The van der Waals surface area contributed by atoms with Crippen molar-refractivity contribution in [2.75, 3.05) is 6.61 Å². The highest BCUT2D eigenvalue weighted by Crippen LogP contribution is 2.27. The molecule has 0 aromatic rings. The Morgan fingerprint density at radius 3 is 2.55 bits per heavy atom. The summed E-state index contributed by atoms with van der Waals surface area (Å²) in [5.41, 5.74) is 0. The lowest BCUT2D eigenvalue weighted by Gasteiger charge is -2.10. The van der Waals surface area contributed by atoms with Gasteiger partial charge >= 0.3 is 0 Å². The average molecular weight is 240 g/mol. The zero-order valence-electron chi connectivity index (χ0n) is 6.80. The fourth-order valence-corrected chi connectivity index (χ4v) is 1.74. The largest absolute Gasteiger partial charge is 0.391 e. The third kappa shape index (κ3) is 3.60. The van der Waals surface area contributed by atoms with E-state index in [1.54, 1.807) is 0 Å². The minimum absolute atomic E-state index is 0.0199. The molecule has 1 atom stereocenters. The predicted molar refractivity (Wildman–Crippen MR) is 54.3 cm³/mol. The molecule has 0 aromatic carbocycles. The lowest BCUT2D eigenvalue weighted by molar-refractivity contribution is 0.338. The summed E-state index contributed by atoms with van der Waals surface area (Å²) in [5.74, 6) is 0.438. The van der Waals surface area contributed by atoms with Gasteiger partial charge in [-0.25, -0.2) is 0 Å². The van der Waals surface area contributed by atoms with E-state index in [0.717, 1.165) is 27.8 Å². The Labute approximate surface area is 80.5 Å². The quantitative estimate of drug-likeness (QED) is 0.741. The van der Waals surface area contributed by atoms with Crippen molar-refractivity contribution in [3.63, 3.8) is 0 Å². The van der Waals surface area contributed by atoms with Gasteiger partial charge in [0.1, 0.15) is 0 Å². The van der Waals surface area contributed by atoms with E-state index >= 15 is 0 Å². The van der Waals surface area contributed by atoms with Crippen LogP contribution in [-0.4, -0.2) is 11.7 Å². The van der Waals surface area contributed by atoms with Crippen molar-refractivity contribution in [1.29, 1.82) is 0 Å². The van der Waals surface area contributed by atoms with Gasteiger partial charge in [-0.1, -0.05) is 29.8 Å². The number of hydrogen-bond acceptors (Lipinski definition) is 3. The number of rotatable bonds is 4. The molecule has 0 saturated carbocycles. The van der Waals surface area contributed by atoms with Gasteiger partial charge in [-0.15, -0.1) is 0 Å². The Hall–Kier alpha value is 0.490.